The van der Waals surface area contributed by atoms with E-state index < -0.39 is 0 Å². The molecule has 26 heavy (non-hydrogen) atoms. The topological polar surface area (TPSA) is 85.1 Å². The fourth-order valence-electron chi connectivity index (χ4n) is 2.23. The third kappa shape index (κ3) is 4.76. The monoisotopic (exact) mass is 369 g/mol. The van der Waals surface area contributed by atoms with E-state index >= 15 is 0 Å². The fraction of sp³-hybridized carbons (Fsp3) is 0.222. The lowest BCUT2D eigenvalue weighted by atomic mass is 10.2. The highest BCUT2D eigenvalue weighted by Crippen LogP contribution is 2.20. The summed E-state index contributed by atoms with van der Waals surface area (Å²) in [5, 5.41) is 10.5. The molecule has 7 nitrogen and oxygen atoms in total. The first-order valence-electron chi connectivity index (χ1n) is 8.17. The van der Waals surface area contributed by atoms with Crippen molar-refractivity contribution in [2.75, 3.05) is 11.9 Å². The molecular formula is C18H19N5O2S. The Morgan fingerprint density at radius 3 is 2.77 bits per heavy atom. The third-order valence-electron chi connectivity index (χ3n) is 3.45. The van der Waals surface area contributed by atoms with E-state index in [4.69, 9.17) is 21.5 Å². The molecule has 2 heterocycles. The second-order valence-corrected chi connectivity index (χ2v) is 5.90. The Labute approximate surface area is 156 Å². The number of nitrogens with zero attached hydrogens (tertiary/aromatic N) is 3. The molecule has 134 valence electrons. The van der Waals surface area contributed by atoms with Crippen molar-refractivity contribution in [2.24, 2.45) is 0 Å². The van der Waals surface area contributed by atoms with Crippen LogP contribution in [0.2, 0.25) is 0 Å². The number of ether oxygens (including phenoxy) is 1. The molecule has 2 aromatic heterocycles. The molecule has 0 saturated carbocycles. The number of benzene rings is 1. The summed E-state index contributed by atoms with van der Waals surface area (Å²) in [5.74, 6) is 2.45. The number of aryl methyl sites for hydroxylation is 1. The lowest BCUT2D eigenvalue weighted by molar-refractivity contribution is 0.340. The molecular weight excluding hydrogens is 350 g/mol. The highest BCUT2D eigenvalue weighted by atomic mass is 32.1. The summed E-state index contributed by atoms with van der Waals surface area (Å²) in [6.45, 7) is 4.88. The van der Waals surface area contributed by atoms with E-state index in [9.17, 15) is 0 Å². The van der Waals surface area contributed by atoms with Crippen LogP contribution in [0.1, 0.15) is 18.4 Å². The SMILES string of the molecule is CCOc1ccc(-c2noc(CNC(=S)Nc3cc(C)ccn3)n2)cc1. The van der Waals surface area contributed by atoms with Crippen LogP contribution in [0.25, 0.3) is 11.4 Å². The maximum atomic E-state index is 5.42. The van der Waals surface area contributed by atoms with Crippen molar-refractivity contribution in [3.8, 4) is 17.1 Å². The Bertz CT molecular complexity index is 879. The van der Waals surface area contributed by atoms with Gasteiger partial charge in [-0.25, -0.2) is 4.98 Å². The first-order chi connectivity index (χ1) is 12.6. The molecule has 3 rings (SSSR count). The number of rotatable bonds is 6. The minimum absolute atomic E-state index is 0.321. The van der Waals surface area contributed by atoms with Gasteiger partial charge in [-0.15, -0.1) is 0 Å². The summed E-state index contributed by atoms with van der Waals surface area (Å²) < 4.78 is 10.7. The number of anilines is 1. The van der Waals surface area contributed by atoms with E-state index in [2.05, 4.69) is 25.8 Å². The maximum Gasteiger partial charge on any atom is 0.246 e. The second-order valence-electron chi connectivity index (χ2n) is 5.50. The minimum atomic E-state index is 0.321. The lowest BCUT2D eigenvalue weighted by Gasteiger charge is -2.08. The van der Waals surface area contributed by atoms with Crippen molar-refractivity contribution in [3.05, 3.63) is 54.0 Å². The molecule has 0 aliphatic heterocycles. The molecule has 0 spiro atoms. The summed E-state index contributed by atoms with van der Waals surface area (Å²) in [7, 11) is 0. The smallest absolute Gasteiger partial charge is 0.246 e. The number of hydrogen-bond acceptors (Lipinski definition) is 6. The van der Waals surface area contributed by atoms with Crippen molar-refractivity contribution in [3.63, 3.8) is 0 Å². The Hall–Kier alpha value is -3.00. The van der Waals surface area contributed by atoms with Gasteiger partial charge in [-0.3, -0.25) is 0 Å². The van der Waals surface area contributed by atoms with Crippen molar-refractivity contribution in [1.82, 2.24) is 20.4 Å². The van der Waals surface area contributed by atoms with Crippen LogP contribution in [0.4, 0.5) is 5.82 Å². The number of aromatic nitrogens is 3. The predicted octanol–water partition coefficient (Wildman–Crippen LogP) is 3.33. The fourth-order valence-corrected chi connectivity index (χ4v) is 2.41. The second kappa shape index (κ2) is 8.39. The van der Waals surface area contributed by atoms with Gasteiger partial charge in [0.15, 0.2) is 5.11 Å². The van der Waals surface area contributed by atoms with Gasteiger partial charge >= 0.3 is 0 Å². The summed E-state index contributed by atoms with van der Waals surface area (Å²) in [6.07, 6.45) is 1.72. The standard InChI is InChI=1S/C18H19N5O2S/c1-3-24-14-6-4-13(5-7-14)17-22-16(25-23-17)11-20-18(26)21-15-10-12(2)8-9-19-15/h4-10H,3,11H2,1-2H3,(H2,19,20,21,26). The minimum Gasteiger partial charge on any atom is -0.494 e. The van der Waals surface area contributed by atoms with Gasteiger partial charge in [0.25, 0.3) is 0 Å². The van der Waals surface area contributed by atoms with E-state index in [0.717, 1.165) is 16.9 Å². The van der Waals surface area contributed by atoms with Crippen LogP contribution in [0, 0.1) is 6.92 Å². The Kier molecular flexibility index (Phi) is 5.75. The Morgan fingerprint density at radius 2 is 2.04 bits per heavy atom. The van der Waals surface area contributed by atoms with Crippen LogP contribution in [-0.4, -0.2) is 26.8 Å². The number of hydrogen-bond donors (Lipinski definition) is 2. The van der Waals surface area contributed by atoms with Crippen LogP contribution in [0.3, 0.4) is 0 Å². The molecule has 0 aliphatic rings. The molecule has 2 N–H and O–H groups in total. The molecule has 0 atom stereocenters. The maximum absolute atomic E-state index is 5.42. The highest BCUT2D eigenvalue weighted by Gasteiger charge is 2.09. The van der Waals surface area contributed by atoms with Crippen LogP contribution in [0.5, 0.6) is 5.75 Å². The van der Waals surface area contributed by atoms with Gasteiger partial charge in [-0.05, 0) is 68.0 Å². The molecule has 0 fully saturated rings. The van der Waals surface area contributed by atoms with Gasteiger partial charge in [0.2, 0.25) is 11.7 Å². The summed E-state index contributed by atoms with van der Waals surface area (Å²) >= 11 is 5.25. The first kappa shape index (κ1) is 17.8. The number of nitrogens with one attached hydrogen (secondary N) is 2. The predicted molar refractivity (Wildman–Crippen MR) is 103 cm³/mol. The summed E-state index contributed by atoms with van der Waals surface area (Å²) in [4.78, 5) is 8.56. The van der Waals surface area contributed by atoms with E-state index in [1.165, 1.54) is 0 Å². The Morgan fingerprint density at radius 1 is 1.23 bits per heavy atom. The Balaban J connectivity index is 1.55. The number of thiocarbonyl (C=S) groups is 1. The molecule has 0 aliphatic carbocycles. The summed E-state index contributed by atoms with van der Waals surface area (Å²) in [6, 6.07) is 11.4. The van der Waals surface area contributed by atoms with Gasteiger partial charge in [-0.1, -0.05) is 5.16 Å². The van der Waals surface area contributed by atoms with Crippen LogP contribution in [-0.2, 0) is 6.54 Å². The van der Waals surface area contributed by atoms with E-state index in [1.54, 1.807) is 6.20 Å². The van der Waals surface area contributed by atoms with Gasteiger partial charge in [-0.2, -0.15) is 4.98 Å². The molecule has 0 bridgehead atoms. The van der Waals surface area contributed by atoms with Crippen LogP contribution < -0.4 is 15.4 Å². The van der Waals surface area contributed by atoms with E-state index in [-0.39, 0.29) is 0 Å². The zero-order chi connectivity index (χ0) is 18.4. The van der Waals surface area contributed by atoms with Gasteiger partial charge in [0.05, 0.1) is 13.2 Å². The van der Waals surface area contributed by atoms with Crippen LogP contribution in [0.15, 0.2) is 47.1 Å². The normalized spacial score (nSPS) is 10.4. The van der Waals surface area contributed by atoms with Gasteiger partial charge in [0.1, 0.15) is 11.6 Å². The highest BCUT2D eigenvalue weighted by molar-refractivity contribution is 7.80. The zero-order valence-corrected chi connectivity index (χ0v) is 15.3. The number of pyridine rings is 1. The van der Waals surface area contributed by atoms with Crippen molar-refractivity contribution in [2.45, 2.75) is 20.4 Å². The lowest BCUT2D eigenvalue weighted by Crippen LogP contribution is -2.28. The molecule has 0 saturated heterocycles. The van der Waals surface area contributed by atoms with Crippen molar-refractivity contribution in [1.29, 1.82) is 0 Å². The molecule has 0 amide bonds. The average molecular weight is 369 g/mol. The quantitative estimate of drug-likeness (QED) is 0.640. The molecule has 1 aromatic carbocycles. The van der Waals surface area contributed by atoms with Crippen molar-refractivity contribution < 1.29 is 9.26 Å². The van der Waals surface area contributed by atoms with Crippen LogP contribution >= 0.6 is 12.2 Å². The molecule has 0 unspecified atom stereocenters. The van der Waals surface area contributed by atoms with Gasteiger partial charge in [0, 0.05) is 11.8 Å². The molecule has 0 radical (unpaired) electrons. The van der Waals surface area contributed by atoms with E-state index in [0.29, 0.717) is 35.8 Å². The van der Waals surface area contributed by atoms with Crippen molar-refractivity contribution >= 4 is 23.1 Å². The third-order valence-corrected chi connectivity index (χ3v) is 3.70. The molecule has 3 aromatic rings. The first-order valence-corrected chi connectivity index (χ1v) is 8.58. The van der Waals surface area contributed by atoms with Gasteiger partial charge < -0.3 is 19.9 Å². The van der Waals surface area contributed by atoms with E-state index in [1.807, 2.05) is 50.2 Å². The average Bonchev–Trinajstić information content (AvgIpc) is 3.10. The molecule has 8 heteroatoms. The summed E-state index contributed by atoms with van der Waals surface area (Å²) in [5.41, 5.74) is 1.95. The zero-order valence-electron chi connectivity index (χ0n) is 14.5. The largest absolute Gasteiger partial charge is 0.494 e.